The Hall–Kier alpha value is -2.37. The maximum atomic E-state index is 12.3. The molecule has 0 fully saturated rings. The molecule has 0 heterocycles. The first-order chi connectivity index (χ1) is 9.49. The van der Waals surface area contributed by atoms with Gasteiger partial charge in [0.15, 0.2) is 0 Å². The highest BCUT2D eigenvalue weighted by atomic mass is 16.4. The summed E-state index contributed by atoms with van der Waals surface area (Å²) in [5.41, 5.74) is 0.314. The summed E-state index contributed by atoms with van der Waals surface area (Å²) in [7, 11) is 1.50. The van der Waals surface area contributed by atoms with E-state index in [1.54, 1.807) is 6.07 Å². The Morgan fingerprint density at radius 2 is 1.90 bits per heavy atom. The molecule has 0 aliphatic heterocycles. The monoisotopic (exact) mass is 278 g/mol. The molecule has 0 atom stereocenters. The molecule has 0 aliphatic carbocycles. The van der Waals surface area contributed by atoms with Crippen LogP contribution < -0.4 is 5.32 Å². The number of rotatable bonds is 6. The quantitative estimate of drug-likeness (QED) is 0.812. The minimum atomic E-state index is -1.09. The zero-order chi connectivity index (χ0) is 15.1. The van der Waals surface area contributed by atoms with Gasteiger partial charge in [-0.1, -0.05) is 13.0 Å². The van der Waals surface area contributed by atoms with Crippen LogP contribution in [0.1, 0.15) is 34.1 Å². The van der Waals surface area contributed by atoms with Crippen LogP contribution in [-0.4, -0.2) is 47.9 Å². The van der Waals surface area contributed by atoms with Crippen molar-refractivity contribution in [3.8, 4) is 0 Å². The molecule has 20 heavy (non-hydrogen) atoms. The smallest absolute Gasteiger partial charge is 0.335 e. The Labute approximate surface area is 117 Å². The molecule has 2 N–H and O–H groups in total. The van der Waals surface area contributed by atoms with E-state index in [4.69, 9.17) is 5.11 Å². The number of benzene rings is 1. The van der Waals surface area contributed by atoms with E-state index < -0.39 is 5.97 Å². The molecule has 1 rings (SSSR count). The standard InChI is InChI=1S/C14H18N2O4/c1-3-7-16(9-12(17)15-2)13(18)10-5-4-6-11(8-10)14(19)20/h4-6,8H,3,7,9H2,1-2H3,(H,15,17)(H,19,20). The highest BCUT2D eigenvalue weighted by Crippen LogP contribution is 2.09. The average Bonchev–Trinajstić information content (AvgIpc) is 2.45. The fraction of sp³-hybridized carbons (Fsp3) is 0.357. The van der Waals surface area contributed by atoms with E-state index in [0.717, 1.165) is 0 Å². The molecule has 0 aromatic heterocycles. The van der Waals surface area contributed by atoms with Crippen molar-refractivity contribution < 1.29 is 19.5 Å². The molecule has 0 radical (unpaired) electrons. The van der Waals surface area contributed by atoms with Crippen LogP contribution in [0.3, 0.4) is 0 Å². The molecular formula is C14H18N2O4. The first-order valence-electron chi connectivity index (χ1n) is 6.32. The van der Waals surface area contributed by atoms with Gasteiger partial charge in [-0.15, -0.1) is 0 Å². The maximum absolute atomic E-state index is 12.3. The van der Waals surface area contributed by atoms with Crippen molar-refractivity contribution in [2.45, 2.75) is 13.3 Å². The summed E-state index contributed by atoms with van der Waals surface area (Å²) in [4.78, 5) is 36.0. The Morgan fingerprint density at radius 1 is 1.25 bits per heavy atom. The number of carboxylic acid groups (broad SMARTS) is 1. The topological polar surface area (TPSA) is 86.7 Å². The number of carboxylic acids is 1. The van der Waals surface area contributed by atoms with Crippen molar-refractivity contribution in [3.05, 3.63) is 35.4 Å². The molecule has 6 heteroatoms. The summed E-state index contributed by atoms with van der Waals surface area (Å²) in [6.07, 6.45) is 0.710. The van der Waals surface area contributed by atoms with Crippen molar-refractivity contribution in [3.63, 3.8) is 0 Å². The lowest BCUT2D eigenvalue weighted by molar-refractivity contribution is -0.121. The van der Waals surface area contributed by atoms with Crippen molar-refractivity contribution in [1.29, 1.82) is 0 Å². The van der Waals surface area contributed by atoms with Gasteiger partial charge in [0.1, 0.15) is 0 Å². The Bertz CT molecular complexity index is 514. The van der Waals surface area contributed by atoms with Crippen molar-refractivity contribution >= 4 is 17.8 Å². The summed E-state index contributed by atoms with van der Waals surface area (Å²) in [5, 5.41) is 11.4. The minimum absolute atomic E-state index is 0.0412. The zero-order valence-corrected chi connectivity index (χ0v) is 11.5. The normalized spacial score (nSPS) is 9.90. The predicted molar refractivity (Wildman–Crippen MR) is 73.7 cm³/mol. The number of nitrogens with one attached hydrogen (secondary N) is 1. The maximum Gasteiger partial charge on any atom is 0.335 e. The second kappa shape index (κ2) is 7.28. The first kappa shape index (κ1) is 15.7. The van der Waals surface area contributed by atoms with Crippen LogP contribution in [0, 0.1) is 0 Å². The number of hydrogen-bond acceptors (Lipinski definition) is 3. The van der Waals surface area contributed by atoms with Crippen LogP contribution in [0.25, 0.3) is 0 Å². The van der Waals surface area contributed by atoms with Gasteiger partial charge in [-0.2, -0.15) is 0 Å². The third-order valence-electron chi connectivity index (χ3n) is 2.75. The molecule has 108 valence electrons. The molecule has 0 saturated heterocycles. The van der Waals surface area contributed by atoms with Gasteiger partial charge >= 0.3 is 5.97 Å². The third kappa shape index (κ3) is 4.08. The molecule has 1 aromatic rings. The van der Waals surface area contributed by atoms with Gasteiger partial charge in [0.2, 0.25) is 5.91 Å². The van der Waals surface area contributed by atoms with Crippen LogP contribution in [0.4, 0.5) is 0 Å². The van der Waals surface area contributed by atoms with E-state index in [-0.39, 0.29) is 29.5 Å². The van der Waals surface area contributed by atoms with E-state index in [2.05, 4.69) is 5.32 Å². The molecule has 0 unspecified atom stereocenters. The largest absolute Gasteiger partial charge is 0.478 e. The lowest BCUT2D eigenvalue weighted by atomic mass is 10.1. The van der Waals surface area contributed by atoms with Gasteiger partial charge in [0.25, 0.3) is 5.91 Å². The molecule has 0 saturated carbocycles. The van der Waals surface area contributed by atoms with E-state index in [9.17, 15) is 14.4 Å². The number of aromatic carboxylic acids is 1. The lowest BCUT2D eigenvalue weighted by Gasteiger charge is -2.21. The molecule has 0 aliphatic rings. The number of likely N-dealkylation sites (N-methyl/N-ethyl adjacent to an activating group) is 1. The second-order valence-corrected chi connectivity index (χ2v) is 4.29. The summed E-state index contributed by atoms with van der Waals surface area (Å²) < 4.78 is 0. The van der Waals surface area contributed by atoms with Gasteiger partial charge in [-0.25, -0.2) is 4.79 Å². The van der Waals surface area contributed by atoms with Gasteiger partial charge in [-0.05, 0) is 24.6 Å². The average molecular weight is 278 g/mol. The molecular weight excluding hydrogens is 260 g/mol. The molecule has 1 aromatic carbocycles. The minimum Gasteiger partial charge on any atom is -0.478 e. The Kier molecular flexibility index (Phi) is 5.71. The van der Waals surface area contributed by atoms with Crippen molar-refractivity contribution in [1.82, 2.24) is 10.2 Å². The highest BCUT2D eigenvalue weighted by Gasteiger charge is 2.18. The molecule has 0 spiro atoms. The Morgan fingerprint density at radius 3 is 2.45 bits per heavy atom. The van der Waals surface area contributed by atoms with E-state index in [1.807, 2.05) is 6.92 Å². The van der Waals surface area contributed by atoms with Gasteiger partial charge in [-0.3, -0.25) is 9.59 Å². The Balaban J connectivity index is 2.96. The SMILES string of the molecule is CCCN(CC(=O)NC)C(=O)c1cccc(C(=O)O)c1. The van der Waals surface area contributed by atoms with E-state index in [1.165, 1.54) is 30.1 Å². The predicted octanol–water partition coefficient (Wildman–Crippen LogP) is 0.983. The van der Waals surface area contributed by atoms with Gasteiger partial charge < -0.3 is 15.3 Å². The number of carbonyl (C=O) groups excluding carboxylic acids is 2. The fourth-order valence-electron chi connectivity index (χ4n) is 1.74. The van der Waals surface area contributed by atoms with Crippen LogP contribution in [0.15, 0.2) is 24.3 Å². The van der Waals surface area contributed by atoms with Crippen molar-refractivity contribution in [2.24, 2.45) is 0 Å². The van der Waals surface area contributed by atoms with E-state index in [0.29, 0.717) is 13.0 Å². The number of amides is 2. The van der Waals surface area contributed by atoms with Crippen LogP contribution in [0.5, 0.6) is 0 Å². The number of nitrogens with zero attached hydrogens (tertiary/aromatic N) is 1. The second-order valence-electron chi connectivity index (χ2n) is 4.29. The van der Waals surface area contributed by atoms with Crippen LogP contribution in [-0.2, 0) is 4.79 Å². The van der Waals surface area contributed by atoms with Crippen LogP contribution >= 0.6 is 0 Å². The first-order valence-corrected chi connectivity index (χ1v) is 6.32. The van der Waals surface area contributed by atoms with E-state index >= 15 is 0 Å². The summed E-state index contributed by atoms with van der Waals surface area (Å²) in [5.74, 6) is -1.70. The van der Waals surface area contributed by atoms with Gasteiger partial charge in [0, 0.05) is 19.2 Å². The molecule has 2 amide bonds. The number of carbonyl (C=O) groups is 3. The summed E-state index contributed by atoms with van der Waals surface area (Å²) >= 11 is 0. The van der Waals surface area contributed by atoms with Gasteiger partial charge in [0.05, 0.1) is 12.1 Å². The summed E-state index contributed by atoms with van der Waals surface area (Å²) in [6.45, 7) is 2.29. The fourth-order valence-corrected chi connectivity index (χ4v) is 1.74. The number of hydrogen-bond donors (Lipinski definition) is 2. The van der Waals surface area contributed by atoms with Crippen LogP contribution in [0.2, 0.25) is 0 Å². The lowest BCUT2D eigenvalue weighted by Crippen LogP contribution is -2.40. The third-order valence-corrected chi connectivity index (χ3v) is 2.75. The zero-order valence-electron chi connectivity index (χ0n) is 11.5. The highest BCUT2D eigenvalue weighted by molar-refractivity contribution is 5.98. The molecule has 6 nitrogen and oxygen atoms in total. The summed E-state index contributed by atoms with van der Waals surface area (Å²) in [6, 6.07) is 5.79. The van der Waals surface area contributed by atoms with Crippen molar-refractivity contribution in [2.75, 3.05) is 20.1 Å². The molecule has 0 bridgehead atoms.